The van der Waals surface area contributed by atoms with E-state index in [0.717, 1.165) is 4.90 Å². The molecule has 1 unspecified atom stereocenters. The zero-order valence-electron chi connectivity index (χ0n) is 20.4. The Balaban J connectivity index is 2.19. The Labute approximate surface area is 221 Å². The lowest BCUT2D eigenvalue weighted by atomic mass is 9.74. The number of aryl methyl sites for hydroxylation is 1. The van der Waals surface area contributed by atoms with Gasteiger partial charge in [0.1, 0.15) is 0 Å². The molecule has 0 radical (unpaired) electrons. The Morgan fingerprint density at radius 3 is 2.11 bits per heavy atom. The molecule has 1 heterocycles. The first-order valence-electron chi connectivity index (χ1n) is 11.3. The van der Waals surface area contributed by atoms with Gasteiger partial charge in [0.2, 0.25) is 0 Å². The van der Waals surface area contributed by atoms with Crippen LogP contribution in [0.4, 0.5) is 50.0 Å². The number of alkyl halides is 9. The van der Waals surface area contributed by atoms with Gasteiger partial charge in [0.05, 0.1) is 5.54 Å². The number of nitrogens with one attached hydrogen (secondary N) is 1. The lowest BCUT2D eigenvalue weighted by Gasteiger charge is -2.44. The Morgan fingerprint density at radius 1 is 0.947 bits per heavy atom. The van der Waals surface area contributed by atoms with Gasteiger partial charge in [-0.1, -0.05) is 60.1 Å². The molecule has 2 amide bonds. The molecule has 0 aliphatic carbocycles. The number of rotatable bonds is 6. The van der Waals surface area contributed by atoms with Crippen molar-refractivity contribution in [3.8, 4) is 0 Å². The normalized spacial score (nSPS) is 20.5. The van der Waals surface area contributed by atoms with Crippen LogP contribution in [0.3, 0.4) is 0 Å². The van der Waals surface area contributed by atoms with Crippen LogP contribution in [0.25, 0.3) is 0 Å². The minimum Gasteiger partial charge on any atom is -0.314 e. The summed E-state index contributed by atoms with van der Waals surface area (Å²) in [5.41, 5.74) is -2.98. The van der Waals surface area contributed by atoms with E-state index in [9.17, 15) is 35.5 Å². The molecule has 1 fully saturated rings. The summed E-state index contributed by atoms with van der Waals surface area (Å²) in [6, 6.07) is 10.7. The summed E-state index contributed by atoms with van der Waals surface area (Å²) in [7, 11) is 0. The van der Waals surface area contributed by atoms with E-state index in [0.29, 0.717) is 4.47 Å². The first kappa shape index (κ1) is 30.1. The second-order valence-electron chi connectivity index (χ2n) is 10.2. The first-order chi connectivity index (χ1) is 17.2. The van der Waals surface area contributed by atoms with Crippen molar-refractivity contribution < 1.29 is 44.3 Å². The molecule has 0 spiro atoms. The third-order valence-electron chi connectivity index (χ3n) is 6.57. The van der Waals surface area contributed by atoms with E-state index < -0.39 is 53.8 Å². The molecule has 1 aliphatic rings. The Kier molecular flexibility index (Phi) is 7.63. The number of amides is 2. The number of nitrogens with zero attached hydrogens (tertiary/aromatic N) is 1. The standard InChI is InChI=1S/C25H24BrF9N2O/c1-15-7-4-5-10-18(15)21(13-22(27,28)23(29,30)24(31,32)25(33,34)35)12-20(2,3)14-37(21)19(38)36-17-9-6-8-16(26)11-17/h4-11H,12-14H2,1-3H3,(H,36,38). The molecule has 3 nitrogen and oxygen atoms in total. The van der Waals surface area contributed by atoms with Crippen molar-refractivity contribution in [2.75, 3.05) is 11.9 Å². The van der Waals surface area contributed by atoms with E-state index in [1.807, 2.05) is 0 Å². The molecule has 38 heavy (non-hydrogen) atoms. The van der Waals surface area contributed by atoms with Gasteiger partial charge in [0, 0.05) is 23.1 Å². The van der Waals surface area contributed by atoms with Crippen LogP contribution in [-0.2, 0) is 5.54 Å². The molecule has 210 valence electrons. The van der Waals surface area contributed by atoms with Crippen molar-refractivity contribution in [1.82, 2.24) is 4.90 Å². The van der Waals surface area contributed by atoms with Crippen LogP contribution in [0, 0.1) is 12.3 Å². The van der Waals surface area contributed by atoms with E-state index in [-0.39, 0.29) is 23.4 Å². The van der Waals surface area contributed by atoms with Crippen molar-refractivity contribution in [3.05, 3.63) is 64.1 Å². The summed E-state index contributed by atoms with van der Waals surface area (Å²) in [6.07, 6.45) is -9.54. The van der Waals surface area contributed by atoms with Crippen molar-refractivity contribution in [1.29, 1.82) is 0 Å². The van der Waals surface area contributed by atoms with Crippen LogP contribution >= 0.6 is 15.9 Å². The predicted octanol–water partition coefficient (Wildman–Crippen LogP) is 8.78. The maximum absolute atomic E-state index is 15.2. The van der Waals surface area contributed by atoms with Gasteiger partial charge in [-0.15, -0.1) is 0 Å². The lowest BCUT2D eigenvalue weighted by molar-refractivity contribution is -0.399. The minimum atomic E-state index is -7.03. The summed E-state index contributed by atoms with van der Waals surface area (Å²) >= 11 is 3.21. The molecule has 1 N–H and O–H groups in total. The molecule has 0 aromatic heterocycles. The summed E-state index contributed by atoms with van der Waals surface area (Å²) in [6.45, 7) is 4.26. The zero-order chi connectivity index (χ0) is 28.9. The van der Waals surface area contributed by atoms with Crippen LogP contribution in [0.15, 0.2) is 53.0 Å². The number of halogens is 10. The van der Waals surface area contributed by atoms with Crippen molar-refractivity contribution in [2.45, 2.75) is 63.1 Å². The fourth-order valence-electron chi connectivity index (χ4n) is 5.02. The average molecular weight is 619 g/mol. The highest BCUT2D eigenvalue weighted by molar-refractivity contribution is 9.10. The molecule has 13 heteroatoms. The van der Waals surface area contributed by atoms with E-state index in [1.54, 1.807) is 26.0 Å². The van der Waals surface area contributed by atoms with E-state index in [1.165, 1.54) is 43.3 Å². The fourth-order valence-corrected chi connectivity index (χ4v) is 5.42. The van der Waals surface area contributed by atoms with Gasteiger partial charge in [-0.2, -0.15) is 39.5 Å². The second-order valence-corrected chi connectivity index (χ2v) is 11.2. The van der Waals surface area contributed by atoms with Crippen molar-refractivity contribution >= 4 is 27.6 Å². The van der Waals surface area contributed by atoms with Gasteiger partial charge < -0.3 is 10.2 Å². The number of benzene rings is 2. The van der Waals surface area contributed by atoms with Crippen molar-refractivity contribution in [3.63, 3.8) is 0 Å². The predicted molar refractivity (Wildman–Crippen MR) is 127 cm³/mol. The number of likely N-dealkylation sites (tertiary alicyclic amines) is 1. The minimum absolute atomic E-state index is 0.0687. The van der Waals surface area contributed by atoms with Gasteiger partial charge in [0.25, 0.3) is 0 Å². The zero-order valence-corrected chi connectivity index (χ0v) is 22.0. The Bertz CT molecular complexity index is 1200. The molecule has 2 aromatic rings. The smallest absolute Gasteiger partial charge is 0.314 e. The van der Waals surface area contributed by atoms with Crippen LogP contribution in [-0.4, -0.2) is 41.4 Å². The highest BCUT2D eigenvalue weighted by atomic mass is 79.9. The van der Waals surface area contributed by atoms with E-state index in [2.05, 4.69) is 21.2 Å². The van der Waals surface area contributed by atoms with Crippen LogP contribution in [0.5, 0.6) is 0 Å². The molecule has 2 aromatic carbocycles. The summed E-state index contributed by atoms with van der Waals surface area (Å²) < 4.78 is 126. The van der Waals surface area contributed by atoms with Gasteiger partial charge in [-0.3, -0.25) is 0 Å². The monoisotopic (exact) mass is 618 g/mol. The molecule has 1 saturated heterocycles. The second kappa shape index (κ2) is 9.63. The number of hydrogen-bond acceptors (Lipinski definition) is 1. The van der Waals surface area contributed by atoms with Gasteiger partial charge in [-0.25, -0.2) is 4.79 Å². The molecular weight excluding hydrogens is 595 g/mol. The van der Waals surface area contributed by atoms with E-state index >= 15 is 8.78 Å². The molecule has 1 atom stereocenters. The quantitative estimate of drug-likeness (QED) is 0.322. The van der Waals surface area contributed by atoms with Crippen LogP contribution in [0.1, 0.15) is 37.8 Å². The number of carbonyl (C=O) groups excluding carboxylic acids is 1. The van der Waals surface area contributed by atoms with E-state index in [4.69, 9.17) is 0 Å². The van der Waals surface area contributed by atoms with Crippen LogP contribution in [0.2, 0.25) is 0 Å². The van der Waals surface area contributed by atoms with Gasteiger partial charge in [-0.05, 0) is 48.1 Å². The number of anilines is 1. The third-order valence-corrected chi connectivity index (χ3v) is 7.06. The van der Waals surface area contributed by atoms with Gasteiger partial charge >= 0.3 is 30.0 Å². The Morgan fingerprint density at radius 2 is 1.55 bits per heavy atom. The molecule has 0 saturated carbocycles. The lowest BCUT2D eigenvalue weighted by Crippen LogP contribution is -2.63. The van der Waals surface area contributed by atoms with Crippen LogP contribution < -0.4 is 5.32 Å². The molecular formula is C25H24BrF9N2O. The largest absolute Gasteiger partial charge is 0.460 e. The maximum Gasteiger partial charge on any atom is 0.460 e. The van der Waals surface area contributed by atoms with Crippen molar-refractivity contribution in [2.24, 2.45) is 5.41 Å². The first-order valence-corrected chi connectivity index (χ1v) is 12.1. The summed E-state index contributed by atoms with van der Waals surface area (Å²) in [5, 5.41) is 2.48. The topological polar surface area (TPSA) is 32.3 Å². The average Bonchev–Trinajstić information content (AvgIpc) is 3.03. The Hall–Kier alpha value is -2.44. The highest BCUT2D eigenvalue weighted by Gasteiger charge is 2.82. The number of urea groups is 1. The summed E-state index contributed by atoms with van der Waals surface area (Å²) in [5.74, 6) is -19.7. The summed E-state index contributed by atoms with van der Waals surface area (Å²) in [4.78, 5) is 14.3. The SMILES string of the molecule is Cc1ccccc1C1(CC(F)(F)C(F)(F)C(F)(F)C(F)(F)F)CC(C)(C)CN1C(=O)Nc1cccc(Br)c1. The molecule has 0 bridgehead atoms. The highest BCUT2D eigenvalue weighted by Crippen LogP contribution is 2.59. The fraction of sp³-hybridized carbons (Fsp3) is 0.480. The number of hydrogen-bond donors (Lipinski definition) is 1. The number of carbonyl (C=O) groups is 1. The van der Waals surface area contributed by atoms with Gasteiger partial charge in [0.15, 0.2) is 0 Å². The maximum atomic E-state index is 15.2. The molecule has 1 aliphatic heterocycles. The molecule has 3 rings (SSSR count). The third kappa shape index (κ3) is 5.22.